The summed E-state index contributed by atoms with van der Waals surface area (Å²) >= 11 is 0. The molecule has 7 heteroatoms. The molecule has 0 N–H and O–H groups in total. The van der Waals surface area contributed by atoms with Crippen molar-refractivity contribution < 1.29 is 17.6 Å². The van der Waals surface area contributed by atoms with Gasteiger partial charge >= 0.3 is 6.18 Å². The molecule has 3 rings (SSSR count). The van der Waals surface area contributed by atoms with Gasteiger partial charge in [0, 0.05) is 6.07 Å². The van der Waals surface area contributed by atoms with Crippen LogP contribution in [0.1, 0.15) is 31.0 Å². The molecule has 2 aromatic heterocycles. The number of nitrogens with zero attached hydrogens (tertiary/aromatic N) is 2. The van der Waals surface area contributed by atoms with Crippen LogP contribution in [0.15, 0.2) is 33.7 Å². The van der Waals surface area contributed by atoms with Crippen molar-refractivity contribution in [3.05, 3.63) is 46.1 Å². The van der Waals surface area contributed by atoms with E-state index in [9.17, 15) is 18.0 Å². The van der Waals surface area contributed by atoms with Crippen LogP contribution in [0.4, 0.5) is 13.2 Å². The van der Waals surface area contributed by atoms with E-state index in [1.54, 1.807) is 0 Å². The van der Waals surface area contributed by atoms with Crippen molar-refractivity contribution in [2.45, 2.75) is 25.9 Å². The van der Waals surface area contributed by atoms with Crippen LogP contribution in [0.25, 0.3) is 22.0 Å². The number of pyridine rings is 1. The molecule has 0 saturated carbocycles. The summed E-state index contributed by atoms with van der Waals surface area (Å²) in [5.41, 5.74) is -1.16. The summed E-state index contributed by atoms with van der Waals surface area (Å²) in [6.07, 6.45) is -3.35. The van der Waals surface area contributed by atoms with Crippen LogP contribution >= 0.6 is 0 Å². The third-order valence-corrected chi connectivity index (χ3v) is 3.33. The Morgan fingerprint density at radius 1 is 1.14 bits per heavy atom. The molecule has 0 amide bonds. The highest BCUT2D eigenvalue weighted by Gasteiger charge is 2.34. The maximum atomic E-state index is 13.2. The molecule has 0 spiro atoms. The molecular formula is C15H11F3N2O2. The molecule has 1 aromatic carbocycles. The van der Waals surface area contributed by atoms with Gasteiger partial charge in [0.2, 0.25) is 0 Å². The van der Waals surface area contributed by atoms with Crippen LogP contribution in [0.5, 0.6) is 0 Å². The summed E-state index contributed by atoms with van der Waals surface area (Å²) in [5.74, 6) is 0.0769. The van der Waals surface area contributed by atoms with Crippen LogP contribution in [0, 0.1) is 0 Å². The van der Waals surface area contributed by atoms with Crippen LogP contribution < -0.4 is 5.56 Å². The Morgan fingerprint density at radius 2 is 1.82 bits per heavy atom. The molecule has 0 aliphatic heterocycles. The molecule has 3 aromatic rings. The van der Waals surface area contributed by atoms with Gasteiger partial charge in [-0.15, -0.1) is 0 Å². The predicted molar refractivity (Wildman–Crippen MR) is 74.7 cm³/mol. The highest BCUT2D eigenvalue weighted by Crippen LogP contribution is 2.36. The first-order chi connectivity index (χ1) is 10.3. The van der Waals surface area contributed by atoms with E-state index in [4.69, 9.17) is 4.42 Å². The van der Waals surface area contributed by atoms with Gasteiger partial charge in [0.25, 0.3) is 5.56 Å². The van der Waals surface area contributed by atoms with Gasteiger partial charge in [-0.2, -0.15) is 13.2 Å². The molecule has 0 radical (unpaired) electrons. The molecule has 0 aliphatic rings. The largest absolute Gasteiger partial charge is 0.460 e. The third kappa shape index (κ3) is 2.32. The number of hydrogen-bond acceptors (Lipinski definition) is 4. The van der Waals surface area contributed by atoms with E-state index in [2.05, 4.69) is 9.97 Å². The van der Waals surface area contributed by atoms with Crippen molar-refractivity contribution in [3.8, 4) is 0 Å². The number of hydrogen-bond donors (Lipinski definition) is 0. The van der Waals surface area contributed by atoms with Crippen LogP contribution in [-0.4, -0.2) is 9.97 Å². The molecular weight excluding hydrogens is 297 g/mol. The minimum Gasteiger partial charge on any atom is -0.460 e. The third-order valence-electron chi connectivity index (χ3n) is 3.33. The molecule has 0 fully saturated rings. The Labute approximate surface area is 122 Å². The lowest BCUT2D eigenvalue weighted by Gasteiger charge is -2.11. The maximum absolute atomic E-state index is 13.2. The van der Waals surface area contributed by atoms with Crippen molar-refractivity contribution >= 4 is 22.0 Å². The van der Waals surface area contributed by atoms with Gasteiger partial charge in [0.15, 0.2) is 5.58 Å². The number of fused-ring (bicyclic) bond motifs is 3. The number of alkyl halides is 3. The zero-order valence-corrected chi connectivity index (χ0v) is 11.7. The molecule has 0 saturated heterocycles. The van der Waals surface area contributed by atoms with Gasteiger partial charge in [0.1, 0.15) is 11.8 Å². The van der Waals surface area contributed by atoms with Crippen molar-refractivity contribution in [3.63, 3.8) is 0 Å². The van der Waals surface area contributed by atoms with Crippen molar-refractivity contribution in [1.82, 2.24) is 9.97 Å². The van der Waals surface area contributed by atoms with Gasteiger partial charge in [-0.25, -0.2) is 9.97 Å². The minimum atomic E-state index is -4.68. The molecule has 0 bridgehead atoms. The predicted octanol–water partition coefficient (Wildman–Crippen LogP) is 3.88. The molecule has 0 unspecified atom stereocenters. The van der Waals surface area contributed by atoms with E-state index in [0.717, 1.165) is 0 Å². The van der Waals surface area contributed by atoms with Crippen LogP contribution in [0.2, 0.25) is 0 Å². The fraction of sp³-hybridized carbons (Fsp3) is 0.267. The lowest BCUT2D eigenvalue weighted by atomic mass is 10.1. The van der Waals surface area contributed by atoms with Gasteiger partial charge in [-0.3, -0.25) is 4.79 Å². The second kappa shape index (κ2) is 4.79. The number of halogens is 3. The standard InChI is InChI=1S/C15H11F3N2O2/c1-7(2)11-6-22-14-10(19-11)4-3-9-13(14)8(15(16,17)18)5-12(21)20-9/h3-7H,1-2H3. The molecule has 2 heterocycles. The van der Waals surface area contributed by atoms with E-state index in [1.165, 1.54) is 18.4 Å². The van der Waals surface area contributed by atoms with Crippen molar-refractivity contribution in [2.75, 3.05) is 0 Å². The summed E-state index contributed by atoms with van der Waals surface area (Å²) in [5, 5.41) is -0.243. The topological polar surface area (TPSA) is 56.0 Å². The first-order valence-electron chi connectivity index (χ1n) is 6.58. The Bertz CT molecular complexity index is 930. The van der Waals surface area contributed by atoms with E-state index in [0.29, 0.717) is 17.3 Å². The fourth-order valence-electron chi connectivity index (χ4n) is 2.24. The van der Waals surface area contributed by atoms with Crippen LogP contribution in [0.3, 0.4) is 0 Å². The smallest absolute Gasteiger partial charge is 0.417 e. The quantitative estimate of drug-likeness (QED) is 0.640. The Hall–Kier alpha value is -2.44. The Kier molecular flexibility index (Phi) is 3.16. The highest BCUT2D eigenvalue weighted by molar-refractivity contribution is 6.03. The van der Waals surface area contributed by atoms with Crippen LogP contribution in [-0.2, 0) is 6.18 Å². The lowest BCUT2D eigenvalue weighted by molar-refractivity contribution is -0.136. The summed E-state index contributed by atoms with van der Waals surface area (Å²) in [4.78, 5) is 19.3. The van der Waals surface area contributed by atoms with E-state index in [1.807, 2.05) is 13.8 Å². The van der Waals surface area contributed by atoms with E-state index >= 15 is 0 Å². The summed E-state index contributed by atoms with van der Waals surface area (Å²) < 4.78 is 45.0. The molecule has 4 nitrogen and oxygen atoms in total. The molecule has 114 valence electrons. The average Bonchev–Trinajstić information content (AvgIpc) is 2.44. The zero-order chi connectivity index (χ0) is 16.1. The van der Waals surface area contributed by atoms with Gasteiger partial charge in [-0.1, -0.05) is 13.8 Å². The number of benzene rings is 1. The second-order valence-electron chi connectivity index (χ2n) is 5.24. The van der Waals surface area contributed by atoms with E-state index in [-0.39, 0.29) is 22.4 Å². The Balaban J connectivity index is 2.47. The number of aromatic nitrogens is 2. The SMILES string of the molecule is CC(C)c1coc2c(ccc3nc(=O)cc(C(F)(F)F)c32)n1. The average molecular weight is 308 g/mol. The second-order valence-corrected chi connectivity index (χ2v) is 5.24. The lowest BCUT2D eigenvalue weighted by Crippen LogP contribution is -2.14. The highest BCUT2D eigenvalue weighted by atomic mass is 19.4. The van der Waals surface area contributed by atoms with Gasteiger partial charge in [-0.05, 0) is 18.1 Å². The molecule has 22 heavy (non-hydrogen) atoms. The zero-order valence-electron chi connectivity index (χ0n) is 11.7. The summed E-state index contributed by atoms with van der Waals surface area (Å²) in [7, 11) is 0. The summed E-state index contributed by atoms with van der Waals surface area (Å²) in [6.45, 7) is 3.80. The minimum absolute atomic E-state index is 0.0262. The molecule has 0 aliphatic carbocycles. The van der Waals surface area contributed by atoms with E-state index < -0.39 is 17.3 Å². The van der Waals surface area contributed by atoms with Gasteiger partial charge in [0.05, 0.1) is 22.2 Å². The summed E-state index contributed by atoms with van der Waals surface area (Å²) in [6, 6.07) is 3.33. The van der Waals surface area contributed by atoms with Crippen molar-refractivity contribution in [1.29, 1.82) is 0 Å². The first kappa shape index (κ1) is 14.5. The van der Waals surface area contributed by atoms with Gasteiger partial charge < -0.3 is 4.42 Å². The maximum Gasteiger partial charge on any atom is 0.417 e. The number of rotatable bonds is 1. The Morgan fingerprint density at radius 3 is 2.45 bits per heavy atom. The van der Waals surface area contributed by atoms with Crippen molar-refractivity contribution in [2.24, 2.45) is 0 Å². The molecule has 0 atom stereocenters. The monoisotopic (exact) mass is 308 g/mol. The fourth-order valence-corrected chi connectivity index (χ4v) is 2.24. The first-order valence-corrected chi connectivity index (χ1v) is 6.58. The normalized spacial score (nSPS) is 12.5.